The summed E-state index contributed by atoms with van der Waals surface area (Å²) in [5.41, 5.74) is 0.414. The first-order valence-electron chi connectivity index (χ1n) is 7.49. The minimum absolute atomic E-state index is 0.00979. The van der Waals surface area contributed by atoms with Gasteiger partial charge in [0.05, 0.1) is 32.1 Å². The first-order valence-corrected chi connectivity index (χ1v) is 10.5. The predicted octanol–water partition coefficient (Wildman–Crippen LogP) is 3.76. The molecule has 0 fully saturated rings. The van der Waals surface area contributed by atoms with Crippen molar-refractivity contribution >= 4 is 62.1 Å². The van der Waals surface area contributed by atoms with Crippen molar-refractivity contribution in [2.45, 2.75) is 4.90 Å². The van der Waals surface area contributed by atoms with Gasteiger partial charge in [-0.2, -0.15) is 0 Å². The van der Waals surface area contributed by atoms with Gasteiger partial charge in [0, 0.05) is 19.0 Å². The quantitative estimate of drug-likeness (QED) is 0.753. The summed E-state index contributed by atoms with van der Waals surface area (Å²) < 4.78 is 23.3. The molecule has 0 radical (unpaired) electrons. The molecular formula is C17H15Cl3N2O4S. The number of likely N-dealkylation sites (N-methyl/N-ethyl adjacent to an activating group) is 1. The highest BCUT2D eigenvalue weighted by Gasteiger charge is 2.20. The van der Waals surface area contributed by atoms with Crippen LogP contribution in [0.4, 0.5) is 5.69 Å². The lowest BCUT2D eigenvalue weighted by Crippen LogP contribution is -2.35. The number of carbonyl (C=O) groups excluding carboxylic acids is 2. The maximum absolute atomic E-state index is 12.6. The van der Waals surface area contributed by atoms with Crippen LogP contribution in [0, 0.1) is 0 Å². The number of nitrogens with one attached hydrogen (secondary N) is 1. The summed E-state index contributed by atoms with van der Waals surface area (Å²) in [5, 5.41) is 3.31. The number of halogens is 3. The van der Waals surface area contributed by atoms with E-state index in [9.17, 15) is 18.0 Å². The minimum atomic E-state index is -3.50. The molecule has 0 aliphatic rings. The third-order valence-electron chi connectivity index (χ3n) is 3.53. The van der Waals surface area contributed by atoms with Gasteiger partial charge in [0.15, 0.2) is 9.84 Å². The molecule has 27 heavy (non-hydrogen) atoms. The van der Waals surface area contributed by atoms with E-state index in [0.29, 0.717) is 10.7 Å². The molecule has 0 aromatic heterocycles. The van der Waals surface area contributed by atoms with Crippen molar-refractivity contribution in [3.63, 3.8) is 0 Å². The van der Waals surface area contributed by atoms with Gasteiger partial charge in [0.1, 0.15) is 0 Å². The smallest absolute Gasteiger partial charge is 0.255 e. The van der Waals surface area contributed by atoms with E-state index in [2.05, 4.69) is 5.32 Å². The van der Waals surface area contributed by atoms with E-state index in [0.717, 1.165) is 11.2 Å². The van der Waals surface area contributed by atoms with Gasteiger partial charge >= 0.3 is 0 Å². The standard InChI is InChI=1S/C17H15Cl3N2O4S/c1-22(9-16(23)21-10-3-5-14(19)15(20)7-10)17(24)12-8-11(27(2,25)26)4-6-13(12)18/h3-8H,9H2,1-2H3,(H,21,23). The Kier molecular flexibility index (Phi) is 6.75. The van der Waals surface area contributed by atoms with Gasteiger partial charge in [-0.15, -0.1) is 0 Å². The summed E-state index contributed by atoms with van der Waals surface area (Å²) in [7, 11) is -2.10. The number of rotatable bonds is 5. The largest absolute Gasteiger partial charge is 0.332 e. The Morgan fingerprint density at radius 3 is 2.22 bits per heavy atom. The lowest BCUT2D eigenvalue weighted by atomic mass is 10.2. The summed E-state index contributed by atoms with van der Waals surface area (Å²) in [6.07, 6.45) is 1.03. The van der Waals surface area contributed by atoms with Crippen molar-refractivity contribution in [3.05, 3.63) is 57.0 Å². The molecule has 0 heterocycles. The molecule has 0 saturated carbocycles. The molecule has 1 N–H and O–H groups in total. The zero-order valence-electron chi connectivity index (χ0n) is 14.3. The van der Waals surface area contributed by atoms with E-state index in [1.807, 2.05) is 0 Å². The van der Waals surface area contributed by atoms with E-state index in [1.54, 1.807) is 6.07 Å². The van der Waals surface area contributed by atoms with Gasteiger partial charge < -0.3 is 10.2 Å². The Balaban J connectivity index is 2.13. The predicted molar refractivity (Wildman–Crippen MR) is 107 cm³/mol. The Hall–Kier alpha value is -1.80. The second kappa shape index (κ2) is 8.48. The van der Waals surface area contributed by atoms with Gasteiger partial charge in [-0.3, -0.25) is 9.59 Å². The number of nitrogens with zero attached hydrogens (tertiary/aromatic N) is 1. The van der Waals surface area contributed by atoms with E-state index >= 15 is 0 Å². The molecule has 2 amide bonds. The monoisotopic (exact) mass is 448 g/mol. The fourth-order valence-electron chi connectivity index (χ4n) is 2.17. The number of carbonyl (C=O) groups is 2. The van der Waals surface area contributed by atoms with Gasteiger partial charge in [0.2, 0.25) is 5.91 Å². The van der Waals surface area contributed by atoms with Crippen LogP contribution >= 0.6 is 34.8 Å². The van der Waals surface area contributed by atoms with Gasteiger partial charge in [0.25, 0.3) is 5.91 Å². The highest BCUT2D eigenvalue weighted by Crippen LogP contribution is 2.25. The molecule has 144 valence electrons. The van der Waals surface area contributed by atoms with Crippen LogP contribution in [-0.2, 0) is 14.6 Å². The third-order valence-corrected chi connectivity index (χ3v) is 5.71. The Morgan fingerprint density at radius 1 is 1.00 bits per heavy atom. The number of anilines is 1. The molecule has 0 spiro atoms. The molecular weight excluding hydrogens is 435 g/mol. The topological polar surface area (TPSA) is 83.6 Å². The van der Waals surface area contributed by atoms with Crippen LogP contribution in [-0.4, -0.2) is 45.0 Å². The number of amides is 2. The molecule has 0 atom stereocenters. The van der Waals surface area contributed by atoms with Crippen molar-refractivity contribution < 1.29 is 18.0 Å². The lowest BCUT2D eigenvalue weighted by Gasteiger charge is -2.18. The average molecular weight is 450 g/mol. The van der Waals surface area contributed by atoms with E-state index in [4.69, 9.17) is 34.8 Å². The normalized spacial score (nSPS) is 11.1. The summed E-state index contributed by atoms with van der Waals surface area (Å²) in [5.74, 6) is -1.06. The lowest BCUT2D eigenvalue weighted by molar-refractivity contribution is -0.116. The molecule has 0 aliphatic heterocycles. The summed E-state index contributed by atoms with van der Waals surface area (Å²) >= 11 is 17.7. The molecule has 10 heteroatoms. The van der Waals surface area contributed by atoms with Crippen molar-refractivity contribution in [3.8, 4) is 0 Å². The third kappa shape index (κ3) is 5.59. The van der Waals surface area contributed by atoms with Crippen LogP contribution in [0.15, 0.2) is 41.3 Å². The Labute approximate surface area is 171 Å². The number of benzene rings is 2. The van der Waals surface area contributed by atoms with Gasteiger partial charge in [-0.1, -0.05) is 34.8 Å². The summed E-state index contributed by atoms with van der Waals surface area (Å²) in [6.45, 7) is -0.279. The van der Waals surface area contributed by atoms with Crippen LogP contribution in [0.1, 0.15) is 10.4 Å². The first kappa shape index (κ1) is 21.5. The number of sulfone groups is 1. The van der Waals surface area contributed by atoms with Crippen molar-refractivity contribution in [2.24, 2.45) is 0 Å². The van der Waals surface area contributed by atoms with E-state index in [1.165, 1.54) is 37.4 Å². The molecule has 2 rings (SSSR count). The zero-order chi connectivity index (χ0) is 20.4. The van der Waals surface area contributed by atoms with Crippen LogP contribution < -0.4 is 5.32 Å². The summed E-state index contributed by atoms with van der Waals surface area (Å²) in [6, 6.07) is 8.41. The van der Waals surface area contributed by atoms with Gasteiger partial charge in [-0.05, 0) is 36.4 Å². The van der Waals surface area contributed by atoms with Crippen LogP contribution in [0.5, 0.6) is 0 Å². The zero-order valence-corrected chi connectivity index (χ0v) is 17.4. The first-order chi connectivity index (χ1) is 12.5. The minimum Gasteiger partial charge on any atom is -0.332 e. The fraction of sp³-hybridized carbons (Fsp3) is 0.176. The second-order valence-corrected chi connectivity index (χ2v) is 8.99. The highest BCUT2D eigenvalue weighted by atomic mass is 35.5. The maximum atomic E-state index is 12.6. The maximum Gasteiger partial charge on any atom is 0.255 e. The van der Waals surface area contributed by atoms with Crippen LogP contribution in [0.3, 0.4) is 0 Å². The highest BCUT2D eigenvalue weighted by molar-refractivity contribution is 7.90. The van der Waals surface area contributed by atoms with Crippen LogP contribution in [0.25, 0.3) is 0 Å². The Morgan fingerprint density at radius 2 is 1.63 bits per heavy atom. The van der Waals surface area contributed by atoms with Crippen molar-refractivity contribution in [1.82, 2.24) is 4.90 Å². The number of hydrogen-bond acceptors (Lipinski definition) is 4. The molecule has 0 aliphatic carbocycles. The van der Waals surface area contributed by atoms with Crippen molar-refractivity contribution in [2.75, 3.05) is 25.2 Å². The SMILES string of the molecule is CN(CC(=O)Nc1ccc(Cl)c(Cl)c1)C(=O)c1cc(S(C)(=O)=O)ccc1Cl. The second-order valence-electron chi connectivity index (χ2n) is 5.75. The van der Waals surface area contributed by atoms with Crippen LogP contribution in [0.2, 0.25) is 15.1 Å². The molecule has 0 unspecified atom stereocenters. The average Bonchev–Trinajstić information content (AvgIpc) is 2.56. The molecule has 0 saturated heterocycles. The van der Waals surface area contributed by atoms with E-state index in [-0.39, 0.29) is 27.0 Å². The molecule has 2 aromatic rings. The van der Waals surface area contributed by atoms with Gasteiger partial charge in [-0.25, -0.2) is 8.42 Å². The van der Waals surface area contributed by atoms with E-state index < -0.39 is 21.7 Å². The Bertz CT molecular complexity index is 1010. The molecule has 2 aromatic carbocycles. The summed E-state index contributed by atoms with van der Waals surface area (Å²) in [4.78, 5) is 25.8. The van der Waals surface area contributed by atoms with Crippen molar-refractivity contribution in [1.29, 1.82) is 0 Å². The number of hydrogen-bond donors (Lipinski definition) is 1. The fourth-order valence-corrected chi connectivity index (χ4v) is 3.31. The molecule has 0 bridgehead atoms. The molecule has 6 nitrogen and oxygen atoms in total.